The van der Waals surface area contributed by atoms with Crippen LogP contribution in [-0.2, 0) is 4.79 Å². The van der Waals surface area contributed by atoms with Gasteiger partial charge >= 0.3 is 0 Å². The zero-order valence-electron chi connectivity index (χ0n) is 11.6. The highest BCUT2D eigenvalue weighted by Gasteiger charge is 2.28. The summed E-state index contributed by atoms with van der Waals surface area (Å²) >= 11 is 0. The van der Waals surface area contributed by atoms with Gasteiger partial charge in [0.05, 0.1) is 0 Å². The molecule has 0 saturated heterocycles. The fraction of sp³-hybridized carbons (Fsp3) is 0.929. The van der Waals surface area contributed by atoms with E-state index in [1.165, 1.54) is 25.7 Å². The third kappa shape index (κ3) is 4.66. The van der Waals surface area contributed by atoms with Gasteiger partial charge in [-0.05, 0) is 18.3 Å². The molecule has 1 saturated carbocycles. The first kappa shape index (κ1) is 14.5. The molecule has 1 aliphatic carbocycles. The molecule has 0 aromatic rings. The van der Waals surface area contributed by atoms with E-state index in [4.69, 9.17) is 5.73 Å². The highest BCUT2D eigenvalue weighted by molar-refractivity contribution is 5.79. The Hall–Kier alpha value is -0.570. The Labute approximate surface area is 106 Å². The van der Waals surface area contributed by atoms with Crippen LogP contribution in [0.25, 0.3) is 0 Å². The van der Waals surface area contributed by atoms with Crippen molar-refractivity contribution in [1.29, 1.82) is 0 Å². The maximum absolute atomic E-state index is 12.2. The smallest absolute Gasteiger partial charge is 0.223 e. The molecule has 0 aliphatic heterocycles. The summed E-state index contributed by atoms with van der Waals surface area (Å²) in [6, 6.07) is 0.0817. The first-order valence-corrected chi connectivity index (χ1v) is 6.95. The van der Waals surface area contributed by atoms with E-state index in [9.17, 15) is 4.79 Å². The number of carbonyl (C=O) groups excluding carboxylic acids is 1. The number of amides is 1. The Kier molecular flexibility index (Phi) is 5.44. The molecule has 100 valence electrons. The summed E-state index contributed by atoms with van der Waals surface area (Å²) in [7, 11) is 0. The molecule has 0 heterocycles. The van der Waals surface area contributed by atoms with Crippen LogP contribution >= 0.6 is 0 Å². The minimum absolute atomic E-state index is 0.0368. The van der Waals surface area contributed by atoms with Crippen LogP contribution in [0.5, 0.6) is 0 Å². The lowest BCUT2D eigenvalue weighted by atomic mass is 9.86. The van der Waals surface area contributed by atoms with Gasteiger partial charge in [-0.15, -0.1) is 0 Å². The summed E-state index contributed by atoms with van der Waals surface area (Å²) in [6.07, 6.45) is 7.05. The van der Waals surface area contributed by atoms with E-state index in [1.54, 1.807) is 0 Å². The Morgan fingerprint density at radius 2 is 1.76 bits per heavy atom. The average Bonchev–Trinajstić information content (AvgIpc) is 2.52. The fourth-order valence-electron chi connectivity index (χ4n) is 2.46. The first-order valence-electron chi connectivity index (χ1n) is 6.95. The van der Waals surface area contributed by atoms with Crippen LogP contribution in [0.4, 0.5) is 0 Å². The number of nitrogens with one attached hydrogen (secondary N) is 1. The molecule has 3 N–H and O–H groups in total. The minimum atomic E-state index is 0.0368. The second-order valence-corrected chi connectivity index (χ2v) is 6.35. The predicted molar refractivity (Wildman–Crippen MR) is 71.6 cm³/mol. The lowest BCUT2D eigenvalue weighted by molar-refractivity contribution is -0.126. The second kappa shape index (κ2) is 6.39. The number of hydrogen-bond donors (Lipinski definition) is 2. The third-order valence-corrected chi connectivity index (χ3v) is 3.82. The Morgan fingerprint density at radius 3 is 2.18 bits per heavy atom. The minimum Gasteiger partial charge on any atom is -0.351 e. The van der Waals surface area contributed by atoms with E-state index in [-0.39, 0.29) is 23.3 Å². The molecule has 1 unspecified atom stereocenters. The molecular formula is C14H28N2O. The van der Waals surface area contributed by atoms with Crippen LogP contribution in [0.2, 0.25) is 0 Å². The molecule has 0 radical (unpaired) electrons. The number of carbonyl (C=O) groups is 1. The third-order valence-electron chi connectivity index (χ3n) is 3.82. The second-order valence-electron chi connectivity index (χ2n) is 6.35. The first-order chi connectivity index (χ1) is 7.95. The molecule has 0 aromatic carbocycles. The molecule has 1 amide bonds. The maximum Gasteiger partial charge on any atom is 0.223 e. The van der Waals surface area contributed by atoms with Crippen LogP contribution in [0, 0.1) is 11.3 Å². The molecule has 1 atom stereocenters. The normalized spacial score (nSPS) is 20.7. The zero-order chi connectivity index (χ0) is 12.9. The fourth-order valence-corrected chi connectivity index (χ4v) is 2.46. The Balaban J connectivity index is 2.51. The molecule has 1 rings (SSSR count). The van der Waals surface area contributed by atoms with Crippen LogP contribution in [0.15, 0.2) is 0 Å². The molecule has 3 heteroatoms. The van der Waals surface area contributed by atoms with Crippen molar-refractivity contribution in [3.8, 4) is 0 Å². The standard InChI is InChI=1S/C14H28N2O/c1-14(2,3)12(10-15)16-13(17)11-8-6-4-5-7-9-11/h11-12H,4-10,15H2,1-3H3,(H,16,17). The van der Waals surface area contributed by atoms with Gasteiger partial charge in [0.15, 0.2) is 0 Å². The van der Waals surface area contributed by atoms with Gasteiger partial charge in [-0.25, -0.2) is 0 Å². The lowest BCUT2D eigenvalue weighted by Crippen LogP contribution is -2.50. The molecule has 17 heavy (non-hydrogen) atoms. The average molecular weight is 240 g/mol. The van der Waals surface area contributed by atoms with Gasteiger partial charge in [-0.3, -0.25) is 4.79 Å². The summed E-state index contributed by atoms with van der Waals surface area (Å²) in [6.45, 7) is 6.88. The van der Waals surface area contributed by atoms with Gasteiger partial charge in [0.25, 0.3) is 0 Å². The van der Waals surface area contributed by atoms with Crippen molar-refractivity contribution < 1.29 is 4.79 Å². The van der Waals surface area contributed by atoms with E-state index in [1.807, 2.05) is 0 Å². The van der Waals surface area contributed by atoms with Crippen molar-refractivity contribution in [3.05, 3.63) is 0 Å². The quantitative estimate of drug-likeness (QED) is 0.744. The number of rotatable bonds is 3. The van der Waals surface area contributed by atoms with Gasteiger partial charge < -0.3 is 11.1 Å². The maximum atomic E-state index is 12.2. The van der Waals surface area contributed by atoms with Crippen molar-refractivity contribution in [2.45, 2.75) is 65.3 Å². The van der Waals surface area contributed by atoms with Crippen molar-refractivity contribution >= 4 is 5.91 Å². The summed E-state index contributed by atoms with van der Waals surface area (Å²) in [5, 5.41) is 3.14. The van der Waals surface area contributed by atoms with E-state index < -0.39 is 0 Å². The number of nitrogens with two attached hydrogens (primary N) is 1. The highest BCUT2D eigenvalue weighted by Crippen LogP contribution is 2.24. The SMILES string of the molecule is CC(C)(C)C(CN)NC(=O)C1CCCCCC1. The van der Waals surface area contributed by atoms with Gasteiger partial charge in [0.1, 0.15) is 0 Å². The van der Waals surface area contributed by atoms with Crippen molar-refractivity contribution in [2.75, 3.05) is 6.54 Å². The summed E-state index contributed by atoms with van der Waals surface area (Å²) in [4.78, 5) is 12.2. The van der Waals surface area contributed by atoms with E-state index in [0.717, 1.165) is 12.8 Å². The van der Waals surface area contributed by atoms with Crippen molar-refractivity contribution in [2.24, 2.45) is 17.1 Å². The molecule has 3 nitrogen and oxygen atoms in total. The highest BCUT2D eigenvalue weighted by atomic mass is 16.1. The largest absolute Gasteiger partial charge is 0.351 e. The Bertz CT molecular complexity index is 237. The predicted octanol–water partition coefficient (Wildman–Crippen LogP) is 2.45. The van der Waals surface area contributed by atoms with Gasteiger partial charge in [-0.2, -0.15) is 0 Å². The molecular weight excluding hydrogens is 212 g/mol. The monoisotopic (exact) mass is 240 g/mol. The lowest BCUT2D eigenvalue weighted by Gasteiger charge is -2.31. The number of hydrogen-bond acceptors (Lipinski definition) is 2. The zero-order valence-corrected chi connectivity index (χ0v) is 11.6. The van der Waals surface area contributed by atoms with Crippen LogP contribution in [-0.4, -0.2) is 18.5 Å². The van der Waals surface area contributed by atoms with Crippen LogP contribution < -0.4 is 11.1 Å². The molecule has 0 spiro atoms. The Morgan fingerprint density at radius 1 is 1.24 bits per heavy atom. The van der Waals surface area contributed by atoms with E-state index in [0.29, 0.717) is 6.54 Å². The van der Waals surface area contributed by atoms with Crippen LogP contribution in [0.3, 0.4) is 0 Å². The summed E-state index contributed by atoms with van der Waals surface area (Å²) in [5.74, 6) is 0.436. The molecule has 1 aliphatic rings. The summed E-state index contributed by atoms with van der Waals surface area (Å²) < 4.78 is 0. The summed E-state index contributed by atoms with van der Waals surface area (Å²) in [5.41, 5.74) is 5.79. The van der Waals surface area contributed by atoms with Crippen LogP contribution in [0.1, 0.15) is 59.3 Å². The molecule has 0 bridgehead atoms. The van der Waals surface area contributed by atoms with E-state index >= 15 is 0 Å². The molecule has 1 fully saturated rings. The van der Waals surface area contributed by atoms with Crippen molar-refractivity contribution in [3.63, 3.8) is 0 Å². The topological polar surface area (TPSA) is 55.1 Å². The molecule has 0 aromatic heterocycles. The van der Waals surface area contributed by atoms with Crippen molar-refractivity contribution in [1.82, 2.24) is 5.32 Å². The van der Waals surface area contributed by atoms with E-state index in [2.05, 4.69) is 26.1 Å². The van der Waals surface area contributed by atoms with Gasteiger partial charge in [0.2, 0.25) is 5.91 Å². The van der Waals surface area contributed by atoms with Gasteiger partial charge in [0, 0.05) is 18.5 Å². The van der Waals surface area contributed by atoms with Gasteiger partial charge in [-0.1, -0.05) is 46.5 Å².